The van der Waals surface area contributed by atoms with Gasteiger partial charge in [-0.25, -0.2) is 0 Å². The first kappa shape index (κ1) is 22.6. The number of Topliss-reactive ketones (excluding diaryl/α,β-unsaturated/α-hetero) is 1. The molecule has 6 rings (SSSR count). The largest absolute Gasteiger partial charge is 0.371 e. The second-order valence-corrected chi connectivity index (χ2v) is 11.0. The van der Waals surface area contributed by atoms with Crippen molar-refractivity contribution in [1.82, 2.24) is 0 Å². The number of hydrogen-bond acceptors (Lipinski definition) is 3. The van der Waals surface area contributed by atoms with Gasteiger partial charge in [-0.3, -0.25) is 4.79 Å². The van der Waals surface area contributed by atoms with E-state index in [9.17, 15) is 4.79 Å². The van der Waals surface area contributed by atoms with Gasteiger partial charge in [0.1, 0.15) is 0 Å². The lowest BCUT2D eigenvalue weighted by molar-refractivity contribution is -0.111. The standard InChI is InChI=1S/C32H38N2O/c1-4-33-13-5-8-24-17-23(16-21(2)30(24)33)18-27-11-12-29(32(27)35)22(3)28-19-25-9-6-14-34-15-7-10-26(20-28)31(25)34/h16-20H,4-15H2,1-3H3/b27-18-,29-22-. The Labute approximate surface area is 210 Å². The molecule has 0 amide bonds. The SMILES string of the molecule is CCN1CCCc2cc(/C=C3/CC/C(=C(\C)c4cc5c6c(c4)CCCN6CCC5)C3=O)cc(C)c21. The summed E-state index contributed by atoms with van der Waals surface area (Å²) in [5.41, 5.74) is 14.4. The Bertz CT molecular complexity index is 1230. The lowest BCUT2D eigenvalue weighted by Crippen LogP contribution is -2.34. The quantitative estimate of drug-likeness (QED) is 0.471. The molecule has 1 fully saturated rings. The van der Waals surface area contributed by atoms with Crippen LogP contribution in [0.2, 0.25) is 0 Å². The van der Waals surface area contributed by atoms with Crippen molar-refractivity contribution in [1.29, 1.82) is 0 Å². The van der Waals surface area contributed by atoms with Gasteiger partial charge in [0.15, 0.2) is 5.78 Å². The normalized spacial score (nSPS) is 21.9. The number of anilines is 2. The van der Waals surface area contributed by atoms with Crippen molar-refractivity contribution in [3.8, 4) is 0 Å². The Morgan fingerprint density at radius 3 is 2.20 bits per heavy atom. The van der Waals surface area contributed by atoms with E-state index in [1.807, 2.05) is 0 Å². The van der Waals surface area contributed by atoms with Gasteiger partial charge >= 0.3 is 0 Å². The molecule has 0 spiro atoms. The second kappa shape index (κ2) is 9.00. The number of ketones is 1. The van der Waals surface area contributed by atoms with Crippen molar-refractivity contribution < 1.29 is 4.79 Å². The predicted octanol–water partition coefficient (Wildman–Crippen LogP) is 6.69. The molecule has 2 aromatic carbocycles. The number of aryl methyl sites for hydroxylation is 4. The minimum absolute atomic E-state index is 0.265. The molecule has 3 nitrogen and oxygen atoms in total. The zero-order valence-electron chi connectivity index (χ0n) is 21.7. The number of nitrogens with zero attached hydrogens (tertiary/aromatic N) is 2. The first-order valence-corrected chi connectivity index (χ1v) is 13.8. The van der Waals surface area contributed by atoms with E-state index in [1.54, 1.807) is 0 Å². The molecule has 0 saturated heterocycles. The van der Waals surface area contributed by atoms with Crippen molar-refractivity contribution in [3.63, 3.8) is 0 Å². The van der Waals surface area contributed by atoms with Crippen LogP contribution in [0.3, 0.4) is 0 Å². The summed E-state index contributed by atoms with van der Waals surface area (Å²) in [5, 5.41) is 0. The summed E-state index contributed by atoms with van der Waals surface area (Å²) >= 11 is 0. The Kier molecular flexibility index (Phi) is 5.82. The second-order valence-electron chi connectivity index (χ2n) is 11.0. The van der Waals surface area contributed by atoms with Crippen molar-refractivity contribution in [2.24, 2.45) is 0 Å². The maximum absolute atomic E-state index is 13.6. The Morgan fingerprint density at radius 1 is 0.857 bits per heavy atom. The van der Waals surface area contributed by atoms with E-state index in [0.29, 0.717) is 0 Å². The van der Waals surface area contributed by atoms with Crippen LogP contribution in [-0.2, 0) is 24.1 Å². The van der Waals surface area contributed by atoms with Gasteiger partial charge in [0.25, 0.3) is 0 Å². The fourth-order valence-electron chi connectivity index (χ4n) is 7.07. The highest BCUT2D eigenvalue weighted by Crippen LogP contribution is 2.40. The molecule has 4 aliphatic rings. The molecule has 1 saturated carbocycles. The first-order valence-electron chi connectivity index (χ1n) is 13.8. The molecule has 3 heterocycles. The van der Waals surface area contributed by atoms with Crippen molar-refractivity contribution in [3.05, 3.63) is 68.8 Å². The van der Waals surface area contributed by atoms with E-state index >= 15 is 0 Å². The molecule has 0 unspecified atom stereocenters. The molecule has 1 aliphatic carbocycles. The van der Waals surface area contributed by atoms with Crippen LogP contribution in [0.1, 0.15) is 79.3 Å². The van der Waals surface area contributed by atoms with Crippen LogP contribution in [0.5, 0.6) is 0 Å². The van der Waals surface area contributed by atoms with E-state index in [1.165, 1.54) is 95.5 Å². The fourth-order valence-corrected chi connectivity index (χ4v) is 7.07. The number of fused-ring (bicyclic) bond motifs is 1. The molecule has 3 heteroatoms. The van der Waals surface area contributed by atoms with Crippen LogP contribution in [0.15, 0.2) is 35.4 Å². The average molecular weight is 467 g/mol. The number of benzene rings is 2. The monoisotopic (exact) mass is 466 g/mol. The fraction of sp³-hybridized carbons (Fsp3) is 0.469. The lowest BCUT2D eigenvalue weighted by Gasteiger charge is -2.37. The molecule has 0 bridgehead atoms. The number of allylic oxidation sites excluding steroid dienone is 3. The van der Waals surface area contributed by atoms with Gasteiger partial charge in [-0.15, -0.1) is 0 Å². The highest BCUT2D eigenvalue weighted by molar-refractivity contribution is 6.17. The number of hydrogen-bond donors (Lipinski definition) is 0. The third-order valence-corrected chi connectivity index (χ3v) is 8.74. The smallest absolute Gasteiger partial charge is 0.185 e. The Hall–Kier alpha value is -2.81. The minimum Gasteiger partial charge on any atom is -0.371 e. The topological polar surface area (TPSA) is 23.6 Å². The van der Waals surface area contributed by atoms with Crippen LogP contribution in [0.4, 0.5) is 11.4 Å². The molecule has 3 aliphatic heterocycles. The third kappa shape index (κ3) is 3.93. The van der Waals surface area contributed by atoms with Gasteiger partial charge in [0.05, 0.1) is 0 Å². The van der Waals surface area contributed by atoms with Gasteiger partial charge in [0.2, 0.25) is 0 Å². The highest BCUT2D eigenvalue weighted by Gasteiger charge is 2.28. The van der Waals surface area contributed by atoms with Gasteiger partial charge in [-0.05, 0) is 141 Å². The molecule has 0 N–H and O–H groups in total. The van der Waals surface area contributed by atoms with E-state index in [2.05, 4.69) is 60.9 Å². The molecular formula is C32H38N2O. The lowest BCUT2D eigenvalue weighted by atomic mass is 9.87. The third-order valence-electron chi connectivity index (χ3n) is 8.74. The number of carbonyl (C=O) groups is 1. The summed E-state index contributed by atoms with van der Waals surface area (Å²) in [6.07, 6.45) is 11.1. The van der Waals surface area contributed by atoms with E-state index in [0.717, 1.165) is 43.5 Å². The molecule has 2 aromatic rings. The first-order chi connectivity index (χ1) is 17.0. The summed E-state index contributed by atoms with van der Waals surface area (Å²) in [5.74, 6) is 0.265. The van der Waals surface area contributed by atoms with Crippen LogP contribution < -0.4 is 9.80 Å². The van der Waals surface area contributed by atoms with Gasteiger partial charge in [-0.1, -0.05) is 0 Å². The van der Waals surface area contributed by atoms with Gasteiger partial charge in [-0.2, -0.15) is 0 Å². The van der Waals surface area contributed by atoms with Gasteiger partial charge in [0, 0.05) is 48.7 Å². The van der Waals surface area contributed by atoms with Gasteiger partial charge < -0.3 is 9.80 Å². The van der Waals surface area contributed by atoms with Crippen LogP contribution in [0.25, 0.3) is 11.6 Å². The molecule has 0 radical (unpaired) electrons. The highest BCUT2D eigenvalue weighted by atomic mass is 16.1. The zero-order valence-corrected chi connectivity index (χ0v) is 21.7. The summed E-state index contributed by atoms with van der Waals surface area (Å²) in [6, 6.07) is 9.39. The zero-order chi connectivity index (χ0) is 24.1. The minimum atomic E-state index is 0.265. The molecule has 35 heavy (non-hydrogen) atoms. The predicted molar refractivity (Wildman–Crippen MR) is 147 cm³/mol. The van der Waals surface area contributed by atoms with Crippen LogP contribution >= 0.6 is 0 Å². The van der Waals surface area contributed by atoms with Crippen molar-refractivity contribution in [2.75, 3.05) is 36.0 Å². The summed E-state index contributed by atoms with van der Waals surface area (Å²) < 4.78 is 0. The molecule has 182 valence electrons. The average Bonchev–Trinajstić information content (AvgIpc) is 3.23. The van der Waals surface area contributed by atoms with Crippen LogP contribution in [-0.4, -0.2) is 32.0 Å². The Morgan fingerprint density at radius 2 is 1.51 bits per heavy atom. The molecule has 0 atom stereocenters. The summed E-state index contributed by atoms with van der Waals surface area (Å²) in [7, 11) is 0. The van der Waals surface area contributed by atoms with Crippen molar-refractivity contribution in [2.45, 2.75) is 72.1 Å². The maximum Gasteiger partial charge on any atom is 0.185 e. The summed E-state index contributed by atoms with van der Waals surface area (Å²) in [6.45, 7) is 11.3. The maximum atomic E-state index is 13.6. The number of carbonyl (C=O) groups excluding carboxylic acids is 1. The Balaban J connectivity index is 1.32. The summed E-state index contributed by atoms with van der Waals surface area (Å²) in [4.78, 5) is 18.7. The van der Waals surface area contributed by atoms with Crippen molar-refractivity contribution >= 4 is 28.8 Å². The molecular weight excluding hydrogens is 428 g/mol. The van der Waals surface area contributed by atoms with E-state index < -0.39 is 0 Å². The van der Waals surface area contributed by atoms with E-state index in [4.69, 9.17) is 0 Å². The molecule has 0 aromatic heterocycles. The van der Waals surface area contributed by atoms with Crippen LogP contribution in [0, 0.1) is 6.92 Å². The number of rotatable bonds is 3. The van der Waals surface area contributed by atoms with E-state index in [-0.39, 0.29) is 5.78 Å².